The number of carbonyl (C=O) groups is 1. The number of esters is 1. The zero-order valence-electron chi connectivity index (χ0n) is 47.3. The van der Waals surface area contributed by atoms with Gasteiger partial charge in [0.05, 0.1) is 30.7 Å². The molecule has 11 rings (SSSR count). The second-order valence-electron chi connectivity index (χ2n) is 26.5. The van der Waals surface area contributed by atoms with Crippen LogP contribution < -0.4 is 25.4 Å². The molecule has 6 aliphatic carbocycles. The van der Waals surface area contributed by atoms with Crippen LogP contribution in [0, 0.1) is 58.7 Å². The molecular weight excluding hydrogens is 1050 g/mol. The van der Waals surface area contributed by atoms with Crippen molar-refractivity contribution in [2.24, 2.45) is 58.7 Å². The number of carbonyl (C=O) groups excluding carboxylic acids is 1. The van der Waals surface area contributed by atoms with E-state index in [1.54, 1.807) is 36.1 Å². The number of hydrogen-bond acceptors (Lipinski definition) is 18. The Labute approximate surface area is 475 Å². The molecule has 3 spiro atoms. The van der Waals surface area contributed by atoms with Crippen molar-refractivity contribution in [2.45, 2.75) is 194 Å². The first-order valence-electron chi connectivity index (χ1n) is 30.5. The quantitative estimate of drug-likeness (QED) is 0.0701. The summed E-state index contributed by atoms with van der Waals surface area (Å²) in [6.07, 6.45) is 13.2. The van der Waals surface area contributed by atoms with Crippen LogP contribution in [0.5, 0.6) is 11.5 Å². The van der Waals surface area contributed by atoms with Crippen LogP contribution in [0.2, 0.25) is 0 Å². The van der Waals surface area contributed by atoms with Gasteiger partial charge in [0.1, 0.15) is 23.9 Å². The molecule has 2 aromatic rings. The van der Waals surface area contributed by atoms with Gasteiger partial charge in [-0.25, -0.2) is 0 Å². The summed E-state index contributed by atoms with van der Waals surface area (Å²) in [4.78, 5) is 13.1. The van der Waals surface area contributed by atoms with Crippen LogP contribution in [0.25, 0.3) is 11.0 Å². The Morgan fingerprint density at radius 2 is 1.70 bits per heavy atom. The van der Waals surface area contributed by atoms with Gasteiger partial charge in [-0.3, -0.25) is 4.79 Å². The number of rotatable bonds is 10. The van der Waals surface area contributed by atoms with Crippen LogP contribution in [0.4, 0.5) is 0 Å². The molecule has 442 valence electrons. The van der Waals surface area contributed by atoms with Crippen molar-refractivity contribution in [1.82, 2.24) is 16.0 Å². The third kappa shape index (κ3) is 10.1. The Morgan fingerprint density at radius 1 is 0.899 bits per heavy atom. The van der Waals surface area contributed by atoms with E-state index in [1.165, 1.54) is 0 Å². The summed E-state index contributed by atoms with van der Waals surface area (Å²) in [6, 6.07) is 3.65. The molecule has 5 saturated carbocycles. The van der Waals surface area contributed by atoms with E-state index in [-0.39, 0.29) is 85.4 Å². The van der Waals surface area contributed by atoms with Crippen molar-refractivity contribution in [3.05, 3.63) is 36.1 Å². The Hall–Kier alpha value is -2.17. The average Bonchev–Trinajstić information content (AvgIpc) is 3.13. The van der Waals surface area contributed by atoms with Crippen molar-refractivity contribution in [3.63, 3.8) is 0 Å². The third-order valence-electron chi connectivity index (χ3n) is 22.1. The van der Waals surface area contributed by atoms with Crippen LogP contribution in [-0.4, -0.2) is 159 Å². The number of aliphatic hydroxyl groups is 7. The second kappa shape index (κ2) is 23.4. The van der Waals surface area contributed by atoms with E-state index >= 15 is 0 Å². The molecule has 2 saturated heterocycles. The molecule has 0 amide bonds. The molecule has 5 bridgehead atoms. The lowest BCUT2D eigenvalue weighted by atomic mass is 9.50. The Kier molecular flexibility index (Phi) is 17.3. The van der Waals surface area contributed by atoms with Crippen LogP contribution in [-0.2, 0) is 20.7 Å². The summed E-state index contributed by atoms with van der Waals surface area (Å²) in [7, 11) is 7.55. The number of nitrogens with one attached hydrogen (secondary N) is 3. The molecule has 20 atom stereocenters. The number of furan rings is 1. The summed E-state index contributed by atoms with van der Waals surface area (Å²) < 4.78 is 32.8. The number of allylic oxidation sites excluding steroid dienone is 1. The zero-order chi connectivity index (χ0) is 55.5. The maximum atomic E-state index is 13.9. The fraction of sp³-hybridized carbons (Fsp3) is 0.820. The highest BCUT2D eigenvalue weighted by Crippen LogP contribution is 2.71. The van der Waals surface area contributed by atoms with Gasteiger partial charge in [-0.2, -0.15) is 0 Å². The fourth-order valence-corrected chi connectivity index (χ4v) is 22.9. The van der Waals surface area contributed by atoms with E-state index in [4.69, 9.17) is 23.4 Å². The SMILES string of the molecule is CCOC(=O)CCc1cc2ccoc2c2c1O[C@@H]1O[C@@]3(CSS[C@]4(CC[C@]5(CC[C@H](CNC)C5)[C@@H]4[C@@H]4CC[C@H]5CC[C@H](CNC)C[C@@]5(O)C4)[C@H](CC[C@H](C)CCC[C@H]3O)NCCO2)[C@]2(O)C[C@@H]3C=C[C@@H](O)[C@@H](CO)[C@H]3[C@@]1(O)[C@H]2O. The number of ether oxygens (including phenoxy) is 4. The van der Waals surface area contributed by atoms with Gasteiger partial charge in [0, 0.05) is 53.3 Å². The van der Waals surface area contributed by atoms with E-state index in [0.717, 1.165) is 103 Å². The van der Waals surface area contributed by atoms with Crippen LogP contribution in [0.15, 0.2) is 35.0 Å². The van der Waals surface area contributed by atoms with Crippen LogP contribution >= 0.6 is 21.6 Å². The molecule has 9 aliphatic rings. The number of benzene rings is 1. The van der Waals surface area contributed by atoms with Gasteiger partial charge < -0.3 is 75.1 Å². The maximum absolute atomic E-state index is 13.9. The fourth-order valence-electron chi connectivity index (χ4n) is 18.6. The molecule has 16 nitrogen and oxygen atoms in total. The van der Waals surface area contributed by atoms with Crippen LogP contribution in [0.3, 0.4) is 0 Å². The summed E-state index contributed by atoms with van der Waals surface area (Å²) in [5.74, 6) is -0.905. The Bertz CT molecular complexity index is 2490. The minimum absolute atomic E-state index is 0.00925. The summed E-state index contributed by atoms with van der Waals surface area (Å²) in [5, 5.41) is 102. The largest absolute Gasteiger partial charge is 0.485 e. The molecule has 3 aliphatic heterocycles. The predicted octanol–water partition coefficient (Wildman–Crippen LogP) is 6.42. The van der Waals surface area contributed by atoms with E-state index in [9.17, 15) is 40.5 Å². The third-order valence-corrected chi connectivity index (χ3v) is 25.4. The van der Waals surface area contributed by atoms with E-state index in [1.807, 2.05) is 30.0 Å². The zero-order valence-corrected chi connectivity index (χ0v) is 48.9. The Balaban J connectivity index is 1.09. The van der Waals surface area contributed by atoms with Gasteiger partial charge in [0.25, 0.3) is 0 Å². The average molecular weight is 1140 g/mol. The smallest absolute Gasteiger partial charge is 0.306 e. The van der Waals surface area contributed by atoms with Gasteiger partial charge >= 0.3 is 5.97 Å². The predicted molar refractivity (Wildman–Crippen MR) is 304 cm³/mol. The van der Waals surface area contributed by atoms with E-state index in [2.05, 4.69) is 29.9 Å². The van der Waals surface area contributed by atoms with Crippen molar-refractivity contribution in [1.29, 1.82) is 0 Å². The van der Waals surface area contributed by atoms with Crippen molar-refractivity contribution >= 4 is 38.5 Å². The first-order chi connectivity index (χ1) is 38.0. The van der Waals surface area contributed by atoms with Crippen LogP contribution in [0.1, 0.15) is 135 Å². The highest BCUT2D eigenvalue weighted by Gasteiger charge is 2.78. The molecule has 0 unspecified atom stereocenters. The molecular formula is C61H93N3O13S2. The number of fused-ring (bicyclic) bond motifs is 12. The highest BCUT2D eigenvalue weighted by molar-refractivity contribution is 8.77. The minimum atomic E-state index is -2.50. The van der Waals surface area contributed by atoms with Gasteiger partial charge in [0.15, 0.2) is 16.9 Å². The standard InChI is InChI=1S/C61H93N3O13S2/c1-5-73-48(68)18-13-39-27-40-20-25-74-50(40)52-51(39)76-55-61(72)49-41(12-16-45(66)44(49)34-65)31-59(71,54(61)69)60(77-55)35-78-79-58(46(64-24-26-75-52)17-9-36(2)7-6-8-47(60)67)23-22-56(21-19-38(28-56)33-63-4)53(58)42-11-15-43-14-10-37(32-62-3)29-57(43,70)30-42/h12,16,20,25,27,36-38,41-47,49,53-55,62-67,69-72H,5-11,13-15,17-19,21-24,26,28-35H2,1-4H3/t36-,37+,38+,41+,42-,43-,44-,45-,46+,47-,49+,53+,54+,55-,56+,57-,58-,59+,60-,61-/m1/s1. The topological polar surface area (TPSA) is 245 Å². The molecule has 79 heavy (non-hydrogen) atoms. The molecule has 1 aromatic carbocycles. The second-order valence-corrected chi connectivity index (χ2v) is 29.1. The first kappa shape index (κ1) is 58.6. The van der Waals surface area contributed by atoms with Gasteiger partial charge in [0.2, 0.25) is 12.0 Å². The molecule has 0 radical (unpaired) electrons. The monoisotopic (exact) mass is 1140 g/mol. The van der Waals surface area contributed by atoms with E-state index < -0.39 is 82.1 Å². The normalized spacial score (nSPS) is 45.4. The summed E-state index contributed by atoms with van der Waals surface area (Å²) >= 11 is 0. The molecule has 7 fully saturated rings. The maximum Gasteiger partial charge on any atom is 0.306 e. The number of aliphatic hydroxyl groups excluding tert-OH is 4. The molecule has 10 N–H and O–H groups in total. The van der Waals surface area contributed by atoms with Gasteiger partial charge in [-0.1, -0.05) is 53.5 Å². The summed E-state index contributed by atoms with van der Waals surface area (Å²) in [6.45, 7) is 6.20. The first-order valence-corrected chi connectivity index (χ1v) is 32.8. The molecule has 4 heterocycles. The summed E-state index contributed by atoms with van der Waals surface area (Å²) in [5.41, 5.74) is -6.59. The van der Waals surface area contributed by atoms with E-state index in [0.29, 0.717) is 47.3 Å². The van der Waals surface area contributed by atoms with Crippen molar-refractivity contribution < 1.29 is 63.9 Å². The lowest BCUT2D eigenvalue weighted by molar-refractivity contribution is -0.424. The lowest BCUT2D eigenvalue weighted by Crippen LogP contribution is -2.86. The van der Waals surface area contributed by atoms with Gasteiger partial charge in [-0.05, 0) is 201 Å². The van der Waals surface area contributed by atoms with Crippen molar-refractivity contribution in [2.75, 3.05) is 59.3 Å². The highest BCUT2D eigenvalue weighted by atomic mass is 33.1. The van der Waals surface area contributed by atoms with Crippen molar-refractivity contribution in [3.8, 4) is 11.5 Å². The molecule has 1 aromatic heterocycles. The number of aryl methyl sites for hydroxylation is 1. The molecule has 18 heteroatoms. The Morgan fingerprint density at radius 3 is 2.48 bits per heavy atom. The number of hydrogen-bond donors (Lipinski definition) is 10. The lowest BCUT2D eigenvalue weighted by Gasteiger charge is -2.67. The van der Waals surface area contributed by atoms with Gasteiger partial charge in [-0.15, -0.1) is 0 Å². The minimum Gasteiger partial charge on any atom is -0.485 e.